The number of carboxylic acid groups (broad SMARTS) is 5. The Balaban J connectivity index is 0.000000185. The van der Waals surface area contributed by atoms with E-state index in [0.717, 1.165) is 92.9 Å². The number of aromatic hydroxyl groups is 5. The molecule has 0 aromatic heterocycles. The summed E-state index contributed by atoms with van der Waals surface area (Å²) in [4.78, 5) is 59.7. The van der Waals surface area contributed by atoms with Crippen molar-refractivity contribution in [3.05, 3.63) is 280 Å². The fourth-order valence-electron chi connectivity index (χ4n) is 8.31. The Hall–Kier alpha value is -6.90. The lowest BCUT2D eigenvalue weighted by Gasteiger charge is -2.14. The van der Waals surface area contributed by atoms with E-state index in [2.05, 4.69) is 149 Å². The minimum absolute atomic E-state index is 0.0650. The van der Waals surface area contributed by atoms with Crippen molar-refractivity contribution in [1.82, 2.24) is 0 Å². The highest BCUT2D eigenvalue weighted by Crippen LogP contribution is 2.47. The Morgan fingerprint density at radius 1 is 0.295 bits per heavy atom. The second-order valence-electron chi connectivity index (χ2n) is 20.9. The van der Waals surface area contributed by atoms with Gasteiger partial charge in [-0.05, 0) is 308 Å². The lowest BCUT2D eigenvalue weighted by molar-refractivity contribution is 0.0676. The number of aryl methyl sites for hydroxylation is 2. The Bertz CT molecular complexity index is 4930. The molecule has 0 spiro atoms. The van der Waals surface area contributed by atoms with Gasteiger partial charge < -0.3 is 51.1 Å². The molecular weight excluding hydrogens is 2060 g/mol. The first-order chi connectivity index (χ1) is 49.6. The van der Waals surface area contributed by atoms with Crippen LogP contribution in [0, 0.1) is 66.6 Å². The van der Waals surface area contributed by atoms with Crippen molar-refractivity contribution in [1.29, 1.82) is 0 Å². The van der Waals surface area contributed by atoms with Crippen molar-refractivity contribution in [2.75, 3.05) is 0 Å². The van der Waals surface area contributed by atoms with E-state index in [1.165, 1.54) is 54.9 Å². The number of carbonyl (C=O) groups is 5. The minimum atomic E-state index is -1.95. The van der Waals surface area contributed by atoms with Crippen molar-refractivity contribution in [2.24, 2.45) is 0 Å². The molecule has 32 heteroatoms. The van der Waals surface area contributed by atoms with Crippen LogP contribution in [-0.2, 0) is 0 Å². The standard InChI is InChI=1S/C20H13F2IO3S2.C14H10I2O3S.C13H6F4O4S.C13H9IO3S.C13H9IO2S/c1-10-2-6-12(7-3-10)28-19-16(22)18(15(21)14(17(19)24)20(25)26)27-13-8-4-11(23)5-9-13;1-7-4-8(15)5-11(16)13(7)20-9-2-3-10(14(18)19)12(17)6-9;14-7-9(16)12(10(17)8(15)11(7)19)22-4-1-2-5(13(20)21)6(18)3-4;14-8-1-3-9(4-2-8)18-10-5-6-11(13(16)17)12(15)7-10;14-10-3-7-12(8-4-10)17-11-5-1-9(2-6-11)13(15)16/h2-9,24H,1H3,(H,25,26);2-6,17H,1H3,(H,18,19);1-3,18-19H,(H,20,21);1-7,15H,(H,16,17);1-8H,(H,15,16). The van der Waals surface area contributed by atoms with Crippen molar-refractivity contribution < 1.29 is 101 Å². The first-order valence-corrected chi connectivity index (χ1v) is 39.3. The maximum Gasteiger partial charge on any atom is 0.342 e. The van der Waals surface area contributed by atoms with Gasteiger partial charge in [0.15, 0.2) is 29.0 Å². The van der Waals surface area contributed by atoms with E-state index < -0.39 is 103 Å². The Morgan fingerprint density at radius 3 is 0.971 bits per heavy atom. The van der Waals surface area contributed by atoms with Crippen LogP contribution in [0.1, 0.15) is 62.9 Å². The summed E-state index contributed by atoms with van der Waals surface area (Å²) in [5.41, 5.74) is 0.919. The molecule has 0 aliphatic rings. The normalized spacial score (nSPS) is 10.6. The average Bonchev–Trinajstić information content (AvgIpc) is 0.775. The van der Waals surface area contributed by atoms with E-state index >= 15 is 4.39 Å². The predicted molar refractivity (Wildman–Crippen MR) is 432 cm³/mol. The number of aromatic carboxylic acids is 5. The van der Waals surface area contributed by atoms with Crippen LogP contribution in [0.2, 0.25) is 0 Å². The van der Waals surface area contributed by atoms with Crippen LogP contribution in [0.4, 0.5) is 26.3 Å². The number of halogens is 11. The second-order valence-corrected chi connectivity index (χ2v) is 33.6. The van der Waals surface area contributed by atoms with Crippen molar-refractivity contribution in [3.63, 3.8) is 0 Å². The zero-order chi connectivity index (χ0) is 77.3. The first-order valence-electron chi connectivity index (χ1n) is 29.0. The number of phenolic OH excluding ortho intramolecular Hbond substituents is 1. The molecule has 0 unspecified atom stereocenters. The second kappa shape index (κ2) is 39.8. The van der Waals surface area contributed by atoms with Gasteiger partial charge in [-0.1, -0.05) is 88.3 Å². The molecule has 542 valence electrons. The van der Waals surface area contributed by atoms with Gasteiger partial charge in [-0.2, -0.15) is 8.78 Å². The number of hydrogen-bond donors (Lipinski definition) is 10. The van der Waals surface area contributed by atoms with E-state index in [1.807, 2.05) is 50.2 Å². The highest BCUT2D eigenvalue weighted by atomic mass is 127. The molecule has 15 nitrogen and oxygen atoms in total. The van der Waals surface area contributed by atoms with Gasteiger partial charge in [-0.15, -0.1) is 0 Å². The third-order valence-electron chi connectivity index (χ3n) is 13.4. The third-order valence-corrected chi connectivity index (χ3v) is 23.8. The van der Waals surface area contributed by atoms with E-state index in [4.69, 9.17) is 25.5 Å². The van der Waals surface area contributed by atoms with Gasteiger partial charge in [0, 0.05) is 61.9 Å². The molecule has 11 aromatic rings. The molecular formula is C73H47F6I5O15S6. The van der Waals surface area contributed by atoms with Crippen LogP contribution < -0.4 is 0 Å². The highest BCUT2D eigenvalue weighted by molar-refractivity contribution is 14.1. The fraction of sp³-hybridized carbons (Fsp3) is 0.0274. The summed E-state index contributed by atoms with van der Waals surface area (Å²) in [6.45, 7) is 3.93. The molecule has 0 fully saturated rings. The van der Waals surface area contributed by atoms with Crippen LogP contribution in [-0.4, -0.2) is 80.9 Å². The zero-order valence-corrected chi connectivity index (χ0v) is 68.7. The van der Waals surface area contributed by atoms with Crippen LogP contribution in [0.15, 0.2) is 247 Å². The van der Waals surface area contributed by atoms with Crippen LogP contribution in [0.5, 0.6) is 28.7 Å². The number of benzene rings is 11. The first kappa shape index (κ1) is 85.4. The van der Waals surface area contributed by atoms with Crippen LogP contribution in [0.3, 0.4) is 0 Å². The Kier molecular flexibility index (Phi) is 32.4. The molecule has 0 heterocycles. The van der Waals surface area contributed by atoms with Gasteiger partial charge >= 0.3 is 29.8 Å². The van der Waals surface area contributed by atoms with Gasteiger partial charge in [0.1, 0.15) is 45.3 Å². The maximum atomic E-state index is 15.1. The van der Waals surface area contributed by atoms with Gasteiger partial charge in [0.05, 0.1) is 20.2 Å². The monoisotopic (exact) mass is 2100 g/mol. The fourth-order valence-corrected chi connectivity index (χ4v) is 17.2. The summed E-state index contributed by atoms with van der Waals surface area (Å²) < 4.78 is 89.1. The number of carboxylic acids is 5. The molecule has 0 aliphatic heterocycles. The molecule has 0 saturated carbocycles. The van der Waals surface area contributed by atoms with Crippen molar-refractivity contribution in [2.45, 2.75) is 72.6 Å². The van der Waals surface area contributed by atoms with Gasteiger partial charge in [0.25, 0.3) is 0 Å². The third kappa shape index (κ3) is 24.3. The maximum absolute atomic E-state index is 15.1. The molecule has 11 aromatic carbocycles. The average molecular weight is 2110 g/mol. The molecule has 0 aliphatic carbocycles. The molecule has 0 atom stereocenters. The smallest absolute Gasteiger partial charge is 0.342 e. The molecule has 0 amide bonds. The zero-order valence-electron chi connectivity index (χ0n) is 53.0. The molecule has 0 bridgehead atoms. The topological polar surface area (TPSA) is 288 Å². The quantitative estimate of drug-likeness (QED) is 0.0230. The van der Waals surface area contributed by atoms with E-state index in [-0.39, 0.29) is 44.2 Å². The van der Waals surface area contributed by atoms with Gasteiger partial charge in [-0.25, -0.2) is 41.5 Å². The molecule has 11 rings (SSSR count). The Morgan fingerprint density at radius 2 is 0.610 bits per heavy atom. The highest BCUT2D eigenvalue weighted by Gasteiger charge is 2.30. The van der Waals surface area contributed by atoms with Gasteiger partial charge in [-0.3, -0.25) is 0 Å². The lowest BCUT2D eigenvalue weighted by Crippen LogP contribution is -2.06. The summed E-state index contributed by atoms with van der Waals surface area (Å²) in [6.07, 6.45) is 0. The van der Waals surface area contributed by atoms with Crippen molar-refractivity contribution >= 4 is 213 Å². The summed E-state index contributed by atoms with van der Waals surface area (Å²) in [6, 6.07) is 53.3. The minimum Gasteiger partial charge on any atom is -0.507 e. The summed E-state index contributed by atoms with van der Waals surface area (Å²) in [5, 5.41) is 92.5. The molecule has 0 saturated heterocycles. The SMILES string of the molecule is Cc1cc(I)cc(I)c1Sc1ccc(C(=O)O)c(O)c1.Cc1ccc(Sc2c(O)c(C(=O)O)c(F)c(Sc3ccc(I)cc3)c2F)cc1.O=C(O)c1ccc(Sc2c(F)c(F)c(O)c(F)c2F)cc1O.O=C(O)c1ccc(Sc2ccc(I)cc2)cc1.O=C(O)c1ccc(Sc2ccc(I)cc2)cc1O. The number of phenols is 5. The number of hydrogen-bond acceptors (Lipinski definition) is 16. The van der Waals surface area contributed by atoms with Crippen molar-refractivity contribution in [3.8, 4) is 28.7 Å². The van der Waals surface area contributed by atoms with Crippen LogP contribution in [0.25, 0.3) is 0 Å². The molecule has 10 N–H and O–H groups in total. The summed E-state index contributed by atoms with van der Waals surface area (Å²) >= 11 is 17.6. The predicted octanol–water partition coefficient (Wildman–Crippen LogP) is 22.8. The van der Waals surface area contributed by atoms with Crippen LogP contribution >= 0.6 is 184 Å². The largest absolute Gasteiger partial charge is 0.507 e. The molecule has 0 radical (unpaired) electrons. The Labute approximate surface area is 687 Å². The van der Waals surface area contributed by atoms with E-state index in [9.17, 15) is 71.5 Å². The van der Waals surface area contributed by atoms with Gasteiger partial charge in [0.2, 0.25) is 11.6 Å². The summed E-state index contributed by atoms with van der Waals surface area (Å²) in [5.74, 6) is -19.8. The van der Waals surface area contributed by atoms with E-state index in [0.29, 0.717) is 15.4 Å². The lowest BCUT2D eigenvalue weighted by atomic mass is 10.2. The summed E-state index contributed by atoms with van der Waals surface area (Å²) in [7, 11) is 0. The van der Waals surface area contributed by atoms with E-state index in [1.54, 1.807) is 84.6 Å². The molecule has 105 heavy (non-hydrogen) atoms. The number of rotatable bonds is 17.